The number of amides is 1. The van der Waals surface area contributed by atoms with Crippen LogP contribution in [-0.2, 0) is 17.6 Å². The van der Waals surface area contributed by atoms with Gasteiger partial charge < -0.3 is 9.64 Å². The average molecular weight is 353 g/mol. The number of aromatic nitrogens is 4. The fourth-order valence-electron chi connectivity index (χ4n) is 3.06. The molecule has 0 spiro atoms. The normalized spacial score (nSPS) is 14.7. The Morgan fingerprint density at radius 2 is 1.73 bits per heavy atom. The fraction of sp³-hybridized carbons (Fsp3) is 0.333. The first-order valence-electron chi connectivity index (χ1n) is 8.60. The summed E-state index contributed by atoms with van der Waals surface area (Å²) >= 11 is 0. The monoisotopic (exact) mass is 353 g/mol. The summed E-state index contributed by atoms with van der Waals surface area (Å²) in [6.07, 6.45) is 1.30. The Morgan fingerprint density at radius 3 is 2.46 bits per heavy atom. The number of hydrogen-bond donors (Lipinski definition) is 2. The quantitative estimate of drug-likeness (QED) is 0.725. The number of nitrogens with zero attached hydrogens (tertiary/aromatic N) is 3. The number of ether oxygens (including phenoxy) is 1. The fourth-order valence-corrected chi connectivity index (χ4v) is 3.06. The molecule has 3 aromatic rings. The van der Waals surface area contributed by atoms with Crippen LogP contribution in [0, 0.1) is 0 Å². The highest BCUT2D eigenvalue weighted by molar-refractivity contribution is 5.94. The molecule has 0 aliphatic carbocycles. The number of aromatic amines is 2. The van der Waals surface area contributed by atoms with E-state index in [4.69, 9.17) is 4.74 Å². The van der Waals surface area contributed by atoms with Crippen molar-refractivity contribution in [3.8, 4) is 0 Å². The number of hydrogen-bond acceptors (Lipinski definition) is 5. The molecule has 8 heteroatoms. The number of fused-ring (bicyclic) bond motifs is 1. The maximum Gasteiger partial charge on any atom is 0.326 e. The lowest BCUT2D eigenvalue weighted by Gasteiger charge is -2.26. The zero-order valence-electron chi connectivity index (χ0n) is 14.2. The Hall–Kier alpha value is -3.00. The summed E-state index contributed by atoms with van der Waals surface area (Å²) in [5.41, 5.74) is 2.33. The zero-order chi connectivity index (χ0) is 17.9. The maximum atomic E-state index is 12.9. The minimum atomic E-state index is -0.384. The van der Waals surface area contributed by atoms with Crippen LogP contribution in [0.1, 0.15) is 21.7 Å². The molecule has 0 bridgehead atoms. The molecule has 3 heterocycles. The van der Waals surface area contributed by atoms with E-state index in [0.717, 1.165) is 12.0 Å². The van der Waals surface area contributed by atoms with E-state index in [0.29, 0.717) is 55.4 Å². The second-order valence-corrected chi connectivity index (χ2v) is 6.19. The van der Waals surface area contributed by atoms with E-state index in [1.807, 2.05) is 30.3 Å². The molecule has 134 valence electrons. The standard InChI is InChI=1S/C18H19N5O3/c24-17(23-8-10-26-11-9-23)14-13(7-6-12-4-2-1-3-5-12)19-15-16(20-14)22-18(25)21-15/h1-5H,6-11H2,(H2,19,20,21,22,25). The first-order valence-corrected chi connectivity index (χ1v) is 8.60. The molecule has 0 unspecified atom stereocenters. The van der Waals surface area contributed by atoms with Crippen molar-refractivity contribution in [2.45, 2.75) is 12.8 Å². The number of imidazole rings is 1. The van der Waals surface area contributed by atoms with E-state index < -0.39 is 0 Å². The summed E-state index contributed by atoms with van der Waals surface area (Å²) < 4.78 is 5.31. The summed E-state index contributed by atoms with van der Waals surface area (Å²) in [7, 11) is 0. The molecule has 1 saturated heterocycles. The van der Waals surface area contributed by atoms with Crippen LogP contribution < -0.4 is 5.69 Å². The topological polar surface area (TPSA) is 104 Å². The van der Waals surface area contributed by atoms with Gasteiger partial charge >= 0.3 is 5.69 Å². The van der Waals surface area contributed by atoms with Crippen LogP contribution in [0.5, 0.6) is 0 Å². The minimum absolute atomic E-state index is 0.173. The van der Waals surface area contributed by atoms with Gasteiger partial charge in [0.25, 0.3) is 5.91 Å². The van der Waals surface area contributed by atoms with Crippen molar-refractivity contribution in [1.82, 2.24) is 24.8 Å². The molecule has 1 amide bonds. The molecule has 1 aromatic carbocycles. The third-order valence-electron chi connectivity index (χ3n) is 4.43. The molecule has 2 aromatic heterocycles. The molecule has 1 fully saturated rings. The summed E-state index contributed by atoms with van der Waals surface area (Å²) in [4.78, 5) is 40.3. The highest BCUT2D eigenvalue weighted by Gasteiger charge is 2.24. The van der Waals surface area contributed by atoms with E-state index in [-0.39, 0.29) is 11.6 Å². The molecular weight excluding hydrogens is 334 g/mol. The second kappa shape index (κ2) is 7.09. The van der Waals surface area contributed by atoms with Gasteiger partial charge in [-0.3, -0.25) is 14.8 Å². The summed E-state index contributed by atoms with van der Waals surface area (Å²) in [5.74, 6) is -0.173. The van der Waals surface area contributed by atoms with Gasteiger partial charge in [0.05, 0.1) is 18.9 Å². The molecule has 1 aliphatic rings. The minimum Gasteiger partial charge on any atom is -0.378 e. The van der Waals surface area contributed by atoms with Crippen molar-refractivity contribution < 1.29 is 9.53 Å². The van der Waals surface area contributed by atoms with Gasteiger partial charge in [-0.2, -0.15) is 0 Å². The Labute approximate surface area is 149 Å². The van der Waals surface area contributed by atoms with E-state index >= 15 is 0 Å². The molecule has 4 rings (SSSR count). The highest BCUT2D eigenvalue weighted by atomic mass is 16.5. The van der Waals surface area contributed by atoms with Crippen molar-refractivity contribution in [2.75, 3.05) is 26.3 Å². The SMILES string of the molecule is O=C(c1nc2[nH]c(=O)[nH]c2nc1CCc1ccccc1)N1CCOCC1. The third-order valence-corrected chi connectivity index (χ3v) is 4.43. The van der Waals surface area contributed by atoms with Gasteiger partial charge in [-0.1, -0.05) is 30.3 Å². The van der Waals surface area contributed by atoms with Crippen molar-refractivity contribution in [1.29, 1.82) is 0 Å². The van der Waals surface area contributed by atoms with Crippen LogP contribution in [0.4, 0.5) is 0 Å². The highest BCUT2D eigenvalue weighted by Crippen LogP contribution is 2.15. The number of H-pyrrole nitrogens is 2. The number of rotatable bonds is 4. The molecule has 1 aliphatic heterocycles. The Kier molecular flexibility index (Phi) is 4.49. The van der Waals surface area contributed by atoms with E-state index in [1.165, 1.54) is 0 Å². The molecule has 26 heavy (non-hydrogen) atoms. The van der Waals surface area contributed by atoms with Gasteiger partial charge in [-0.25, -0.2) is 14.8 Å². The van der Waals surface area contributed by atoms with Gasteiger partial charge in [-0.15, -0.1) is 0 Å². The van der Waals surface area contributed by atoms with E-state index in [1.54, 1.807) is 4.90 Å². The lowest BCUT2D eigenvalue weighted by molar-refractivity contribution is 0.0298. The number of benzene rings is 1. The molecule has 0 saturated carbocycles. The van der Waals surface area contributed by atoms with Crippen LogP contribution in [0.2, 0.25) is 0 Å². The number of carbonyl (C=O) groups is 1. The number of morpholine rings is 1. The van der Waals surface area contributed by atoms with Crippen LogP contribution in [0.15, 0.2) is 35.1 Å². The van der Waals surface area contributed by atoms with Crippen LogP contribution in [0.25, 0.3) is 11.3 Å². The van der Waals surface area contributed by atoms with Gasteiger partial charge in [-0.05, 0) is 18.4 Å². The van der Waals surface area contributed by atoms with Gasteiger partial charge in [0.2, 0.25) is 0 Å². The number of carbonyl (C=O) groups excluding carboxylic acids is 1. The van der Waals surface area contributed by atoms with Crippen LogP contribution >= 0.6 is 0 Å². The maximum absolute atomic E-state index is 12.9. The zero-order valence-corrected chi connectivity index (χ0v) is 14.2. The number of nitrogens with one attached hydrogen (secondary N) is 2. The summed E-state index contributed by atoms with van der Waals surface area (Å²) in [5, 5.41) is 0. The molecule has 2 N–H and O–H groups in total. The third kappa shape index (κ3) is 3.36. The van der Waals surface area contributed by atoms with Gasteiger partial charge in [0.15, 0.2) is 17.0 Å². The predicted molar refractivity (Wildman–Crippen MR) is 95.1 cm³/mol. The van der Waals surface area contributed by atoms with Crippen molar-refractivity contribution >= 4 is 17.2 Å². The first kappa shape index (κ1) is 16.5. The van der Waals surface area contributed by atoms with E-state index in [9.17, 15) is 9.59 Å². The van der Waals surface area contributed by atoms with Crippen LogP contribution in [-0.4, -0.2) is 57.0 Å². The second-order valence-electron chi connectivity index (χ2n) is 6.19. The number of aryl methyl sites for hydroxylation is 2. The Bertz CT molecular complexity index is 973. The molecule has 0 radical (unpaired) electrons. The van der Waals surface area contributed by atoms with Crippen molar-refractivity contribution in [2.24, 2.45) is 0 Å². The van der Waals surface area contributed by atoms with Gasteiger partial charge in [0.1, 0.15) is 0 Å². The van der Waals surface area contributed by atoms with E-state index in [2.05, 4.69) is 19.9 Å². The average Bonchev–Trinajstić information content (AvgIpc) is 3.05. The van der Waals surface area contributed by atoms with Gasteiger partial charge in [0, 0.05) is 13.1 Å². The lowest BCUT2D eigenvalue weighted by atomic mass is 10.1. The van der Waals surface area contributed by atoms with Crippen molar-refractivity contribution in [3.05, 3.63) is 57.8 Å². The summed E-state index contributed by atoms with van der Waals surface area (Å²) in [6, 6.07) is 10.00. The lowest BCUT2D eigenvalue weighted by Crippen LogP contribution is -2.41. The molecule has 0 atom stereocenters. The first-order chi connectivity index (χ1) is 12.7. The summed E-state index contributed by atoms with van der Waals surface area (Å²) in [6.45, 7) is 2.09. The Morgan fingerprint density at radius 1 is 1.04 bits per heavy atom. The molecular formula is C18H19N5O3. The van der Waals surface area contributed by atoms with Crippen molar-refractivity contribution in [3.63, 3.8) is 0 Å². The van der Waals surface area contributed by atoms with Crippen LogP contribution in [0.3, 0.4) is 0 Å². The molecule has 8 nitrogen and oxygen atoms in total. The largest absolute Gasteiger partial charge is 0.378 e. The Balaban J connectivity index is 1.68. The predicted octanol–water partition coefficient (Wildman–Crippen LogP) is 0.904. The smallest absolute Gasteiger partial charge is 0.326 e.